The quantitative estimate of drug-likeness (QED) is 0.698. The van der Waals surface area contributed by atoms with Gasteiger partial charge in [0.2, 0.25) is 0 Å². The van der Waals surface area contributed by atoms with Gasteiger partial charge >= 0.3 is 6.09 Å². The first kappa shape index (κ1) is 19.2. The van der Waals surface area contributed by atoms with Crippen molar-refractivity contribution < 1.29 is 19.4 Å². The fourth-order valence-electron chi connectivity index (χ4n) is 2.69. The summed E-state index contributed by atoms with van der Waals surface area (Å²) < 4.78 is 11.6. The highest BCUT2D eigenvalue weighted by Crippen LogP contribution is 2.30. The standard InChI is InChI=1S/C17H33NO4/c1-5-17(21-13-9-7-6-8-12-19)10-11-18(14-17)15(20)22-16(2,3)4/h19H,5-14H2,1-4H3. The van der Waals surface area contributed by atoms with Crippen molar-refractivity contribution in [2.45, 2.75) is 77.4 Å². The van der Waals surface area contributed by atoms with Gasteiger partial charge in [-0.2, -0.15) is 0 Å². The van der Waals surface area contributed by atoms with E-state index in [0.717, 1.165) is 45.1 Å². The molecule has 1 aliphatic rings. The van der Waals surface area contributed by atoms with Gasteiger partial charge < -0.3 is 19.5 Å². The van der Waals surface area contributed by atoms with E-state index >= 15 is 0 Å². The van der Waals surface area contributed by atoms with E-state index in [-0.39, 0.29) is 18.3 Å². The van der Waals surface area contributed by atoms with E-state index in [2.05, 4.69) is 6.92 Å². The van der Waals surface area contributed by atoms with Crippen molar-refractivity contribution in [3.63, 3.8) is 0 Å². The third-order valence-electron chi connectivity index (χ3n) is 4.07. The van der Waals surface area contributed by atoms with Crippen LogP contribution in [-0.4, -0.2) is 53.6 Å². The van der Waals surface area contributed by atoms with E-state index in [1.54, 1.807) is 4.90 Å². The zero-order chi connectivity index (χ0) is 16.6. The number of aliphatic hydroxyl groups excluding tert-OH is 1. The van der Waals surface area contributed by atoms with Crippen LogP contribution < -0.4 is 0 Å². The largest absolute Gasteiger partial charge is 0.444 e. The van der Waals surface area contributed by atoms with E-state index in [1.807, 2.05) is 20.8 Å². The monoisotopic (exact) mass is 315 g/mol. The molecule has 5 heteroatoms. The Morgan fingerprint density at radius 3 is 2.50 bits per heavy atom. The zero-order valence-electron chi connectivity index (χ0n) is 14.7. The average molecular weight is 315 g/mol. The van der Waals surface area contributed by atoms with Gasteiger partial charge in [-0.3, -0.25) is 0 Å². The first-order valence-electron chi connectivity index (χ1n) is 8.55. The van der Waals surface area contributed by atoms with Crippen LogP contribution in [0.4, 0.5) is 4.79 Å². The molecule has 0 spiro atoms. The summed E-state index contributed by atoms with van der Waals surface area (Å²) in [5, 5.41) is 8.76. The number of unbranched alkanes of at least 4 members (excludes halogenated alkanes) is 3. The van der Waals surface area contributed by atoms with Crippen molar-refractivity contribution in [1.29, 1.82) is 0 Å². The maximum Gasteiger partial charge on any atom is 0.410 e. The Morgan fingerprint density at radius 1 is 1.23 bits per heavy atom. The lowest BCUT2D eigenvalue weighted by atomic mass is 10.00. The van der Waals surface area contributed by atoms with Gasteiger partial charge in [-0.1, -0.05) is 19.8 Å². The van der Waals surface area contributed by atoms with Gasteiger partial charge in [0.05, 0.1) is 12.1 Å². The maximum atomic E-state index is 12.1. The van der Waals surface area contributed by atoms with E-state index < -0.39 is 5.60 Å². The van der Waals surface area contributed by atoms with Crippen molar-refractivity contribution in [2.24, 2.45) is 0 Å². The Bertz CT molecular complexity index is 340. The first-order valence-corrected chi connectivity index (χ1v) is 8.55. The molecule has 0 bridgehead atoms. The normalized spacial score (nSPS) is 22.1. The highest BCUT2D eigenvalue weighted by Gasteiger charge is 2.40. The lowest BCUT2D eigenvalue weighted by molar-refractivity contribution is -0.0439. The van der Waals surface area contributed by atoms with Crippen LogP contribution >= 0.6 is 0 Å². The van der Waals surface area contributed by atoms with E-state index in [4.69, 9.17) is 14.6 Å². The number of hydrogen-bond donors (Lipinski definition) is 1. The molecule has 1 amide bonds. The number of hydrogen-bond acceptors (Lipinski definition) is 4. The van der Waals surface area contributed by atoms with Crippen LogP contribution in [0.25, 0.3) is 0 Å². The second-order valence-corrected chi connectivity index (χ2v) is 7.17. The molecule has 1 N–H and O–H groups in total. The summed E-state index contributed by atoms with van der Waals surface area (Å²) in [4.78, 5) is 13.9. The van der Waals surface area contributed by atoms with Crippen LogP contribution in [-0.2, 0) is 9.47 Å². The van der Waals surface area contributed by atoms with Crippen molar-refractivity contribution >= 4 is 6.09 Å². The Kier molecular flexibility index (Phi) is 7.63. The van der Waals surface area contributed by atoms with Crippen molar-refractivity contribution in [3.8, 4) is 0 Å². The number of aliphatic hydroxyl groups is 1. The molecule has 1 fully saturated rings. The van der Waals surface area contributed by atoms with Crippen LogP contribution in [0.1, 0.15) is 66.2 Å². The molecule has 1 rings (SSSR count). The lowest BCUT2D eigenvalue weighted by Crippen LogP contribution is -2.40. The number of rotatable bonds is 8. The summed E-state index contributed by atoms with van der Waals surface area (Å²) >= 11 is 0. The number of ether oxygens (including phenoxy) is 2. The number of carbonyl (C=O) groups excluding carboxylic acids is 1. The van der Waals surface area contributed by atoms with Crippen LogP contribution in [0, 0.1) is 0 Å². The van der Waals surface area contributed by atoms with Crippen molar-refractivity contribution in [1.82, 2.24) is 4.90 Å². The molecule has 0 aromatic rings. The summed E-state index contributed by atoms with van der Waals surface area (Å²) in [5.41, 5.74) is -0.671. The number of carbonyl (C=O) groups is 1. The van der Waals surface area contributed by atoms with Crippen molar-refractivity contribution in [2.75, 3.05) is 26.3 Å². The topological polar surface area (TPSA) is 59.0 Å². The first-order chi connectivity index (χ1) is 10.3. The molecule has 0 aliphatic carbocycles. The summed E-state index contributed by atoms with van der Waals surface area (Å²) in [5.74, 6) is 0. The van der Waals surface area contributed by atoms with Gasteiger partial charge in [0.1, 0.15) is 5.60 Å². The summed E-state index contributed by atoms with van der Waals surface area (Å²) in [6.45, 7) is 10.1. The molecule has 1 atom stereocenters. The summed E-state index contributed by atoms with van der Waals surface area (Å²) in [7, 11) is 0. The van der Waals surface area contributed by atoms with Crippen LogP contribution in [0.15, 0.2) is 0 Å². The molecule has 5 nitrogen and oxygen atoms in total. The van der Waals surface area contributed by atoms with Crippen molar-refractivity contribution in [3.05, 3.63) is 0 Å². The van der Waals surface area contributed by atoms with Crippen LogP contribution in [0.5, 0.6) is 0 Å². The molecule has 1 heterocycles. The number of amides is 1. The van der Waals surface area contributed by atoms with Crippen LogP contribution in [0.3, 0.4) is 0 Å². The SMILES string of the molecule is CCC1(OCCCCCCO)CCN(C(=O)OC(C)(C)C)C1. The van der Waals surface area contributed by atoms with Gasteiger partial charge in [-0.05, 0) is 46.5 Å². The predicted molar refractivity (Wildman–Crippen MR) is 87.0 cm³/mol. The molecule has 0 aromatic heterocycles. The fraction of sp³-hybridized carbons (Fsp3) is 0.941. The number of likely N-dealkylation sites (tertiary alicyclic amines) is 1. The Balaban J connectivity index is 2.37. The highest BCUT2D eigenvalue weighted by atomic mass is 16.6. The fourth-order valence-corrected chi connectivity index (χ4v) is 2.69. The van der Waals surface area contributed by atoms with E-state index in [1.165, 1.54) is 0 Å². The van der Waals surface area contributed by atoms with Crippen LogP contribution in [0.2, 0.25) is 0 Å². The lowest BCUT2D eigenvalue weighted by Gasteiger charge is -2.29. The minimum atomic E-state index is -0.456. The van der Waals surface area contributed by atoms with E-state index in [9.17, 15) is 4.79 Å². The van der Waals surface area contributed by atoms with Gasteiger partial charge in [0, 0.05) is 19.8 Å². The summed E-state index contributed by atoms with van der Waals surface area (Å²) in [6, 6.07) is 0. The highest BCUT2D eigenvalue weighted by molar-refractivity contribution is 5.68. The molecule has 1 unspecified atom stereocenters. The van der Waals surface area contributed by atoms with Gasteiger partial charge in [-0.15, -0.1) is 0 Å². The molecular weight excluding hydrogens is 282 g/mol. The Morgan fingerprint density at radius 2 is 1.91 bits per heavy atom. The zero-order valence-corrected chi connectivity index (χ0v) is 14.7. The second kappa shape index (κ2) is 8.73. The van der Waals surface area contributed by atoms with Gasteiger partial charge in [-0.25, -0.2) is 4.79 Å². The predicted octanol–water partition coefficient (Wildman–Crippen LogP) is 3.35. The Hall–Kier alpha value is -0.810. The minimum Gasteiger partial charge on any atom is -0.444 e. The van der Waals surface area contributed by atoms with Gasteiger partial charge in [0.15, 0.2) is 0 Å². The van der Waals surface area contributed by atoms with E-state index in [0.29, 0.717) is 13.1 Å². The molecule has 0 radical (unpaired) electrons. The molecular formula is C17H33NO4. The molecule has 130 valence electrons. The molecule has 22 heavy (non-hydrogen) atoms. The molecule has 1 aliphatic heterocycles. The van der Waals surface area contributed by atoms with Gasteiger partial charge in [0.25, 0.3) is 0 Å². The molecule has 0 aromatic carbocycles. The second-order valence-electron chi connectivity index (χ2n) is 7.17. The third kappa shape index (κ3) is 6.53. The smallest absolute Gasteiger partial charge is 0.410 e. The minimum absolute atomic E-state index is 0.214. The summed E-state index contributed by atoms with van der Waals surface area (Å²) in [6.07, 6.45) is 5.54. The maximum absolute atomic E-state index is 12.1. The molecule has 1 saturated heterocycles. The number of nitrogens with zero attached hydrogens (tertiary/aromatic N) is 1. The third-order valence-corrected chi connectivity index (χ3v) is 4.07. The molecule has 0 saturated carbocycles. The Labute approximate surface area is 135 Å². The average Bonchev–Trinajstić information content (AvgIpc) is 2.86.